The molecule has 51 heavy (non-hydrogen) atoms. The summed E-state index contributed by atoms with van der Waals surface area (Å²) < 4.78 is 5.51. The number of Topliss-reactive ketones (excluding diaryl/α,β-unsaturated/α-hetero) is 1. The van der Waals surface area contributed by atoms with E-state index in [0.29, 0.717) is 45.1 Å². The second-order valence-electron chi connectivity index (χ2n) is 17.8. The zero-order chi connectivity index (χ0) is 38.3. The van der Waals surface area contributed by atoms with Gasteiger partial charge >= 0.3 is 6.09 Å². The fourth-order valence-corrected chi connectivity index (χ4v) is 7.77. The summed E-state index contributed by atoms with van der Waals surface area (Å²) in [6, 6.07) is 8.73. The van der Waals surface area contributed by atoms with E-state index in [1.807, 2.05) is 105 Å². The lowest BCUT2D eigenvalue weighted by Gasteiger charge is -2.51. The lowest BCUT2D eigenvalue weighted by Crippen LogP contribution is -2.63. The van der Waals surface area contributed by atoms with E-state index in [0.717, 1.165) is 5.56 Å². The SMILES string of the molecule is CC(C)C[C@H](/C=C/[C@@H](Cc1ccccc1)C(=O)N1CCC[C@H]1C(=O)C[C@@H](C(=O)NC1CC(C)(C)N(O)C(C)(C)C1)C(C)C)NC(=O)OC(C)(C)C. The largest absolute Gasteiger partial charge is 0.444 e. The maximum absolute atomic E-state index is 14.4. The van der Waals surface area contributed by atoms with Crippen LogP contribution in [0.1, 0.15) is 120 Å². The second kappa shape index (κ2) is 17.5. The molecule has 10 nitrogen and oxygen atoms in total. The minimum Gasteiger partial charge on any atom is -0.444 e. The molecule has 3 amide bonds. The van der Waals surface area contributed by atoms with Gasteiger partial charge in [-0.25, -0.2) is 4.79 Å². The molecule has 2 aliphatic heterocycles. The van der Waals surface area contributed by atoms with Crippen LogP contribution in [0.5, 0.6) is 0 Å². The van der Waals surface area contributed by atoms with Gasteiger partial charge in [0, 0.05) is 36.0 Å². The van der Waals surface area contributed by atoms with Gasteiger partial charge in [-0.3, -0.25) is 14.4 Å². The Kier molecular flexibility index (Phi) is 14.5. The van der Waals surface area contributed by atoms with Gasteiger partial charge in [-0.05, 0) is 104 Å². The smallest absolute Gasteiger partial charge is 0.408 e. The fourth-order valence-electron chi connectivity index (χ4n) is 7.77. The number of carbonyl (C=O) groups excluding carboxylic acids is 4. The Balaban J connectivity index is 1.80. The first-order valence-electron chi connectivity index (χ1n) is 18.9. The van der Waals surface area contributed by atoms with Crippen LogP contribution in [-0.2, 0) is 25.5 Å². The van der Waals surface area contributed by atoms with Crippen molar-refractivity contribution in [3.8, 4) is 0 Å². The molecule has 0 aromatic heterocycles. The van der Waals surface area contributed by atoms with Gasteiger partial charge in [0.1, 0.15) is 5.60 Å². The number of rotatable bonds is 14. The molecule has 4 atom stereocenters. The summed E-state index contributed by atoms with van der Waals surface area (Å²) in [7, 11) is 0. The molecule has 3 rings (SSSR count). The molecule has 0 radical (unpaired) electrons. The van der Waals surface area contributed by atoms with Gasteiger partial charge in [-0.15, -0.1) is 0 Å². The summed E-state index contributed by atoms with van der Waals surface area (Å²) in [6.45, 7) is 21.9. The Bertz CT molecular complexity index is 1350. The van der Waals surface area contributed by atoms with Gasteiger partial charge in [0.2, 0.25) is 11.8 Å². The molecule has 2 heterocycles. The summed E-state index contributed by atoms with van der Waals surface area (Å²) in [6.07, 6.45) is 6.88. The minimum absolute atomic E-state index is 0.0546. The third-order valence-electron chi connectivity index (χ3n) is 10.1. The Hall–Kier alpha value is -3.24. The van der Waals surface area contributed by atoms with Gasteiger partial charge < -0.3 is 25.5 Å². The first-order valence-corrected chi connectivity index (χ1v) is 18.9. The van der Waals surface area contributed by atoms with Gasteiger partial charge in [0.25, 0.3) is 0 Å². The van der Waals surface area contributed by atoms with Crippen molar-refractivity contribution < 1.29 is 29.1 Å². The maximum Gasteiger partial charge on any atom is 0.408 e. The average molecular weight is 711 g/mol. The molecule has 2 saturated heterocycles. The van der Waals surface area contributed by atoms with Crippen molar-refractivity contribution >= 4 is 23.7 Å². The number of carbonyl (C=O) groups is 4. The number of nitrogens with zero attached hydrogens (tertiary/aromatic N) is 2. The summed E-state index contributed by atoms with van der Waals surface area (Å²) in [4.78, 5) is 56.6. The van der Waals surface area contributed by atoms with Crippen LogP contribution in [0, 0.1) is 23.7 Å². The maximum atomic E-state index is 14.4. The van der Waals surface area contributed by atoms with Crippen molar-refractivity contribution in [3.05, 3.63) is 48.0 Å². The van der Waals surface area contributed by atoms with Crippen molar-refractivity contribution in [3.63, 3.8) is 0 Å². The molecule has 0 saturated carbocycles. The molecule has 3 N–H and O–H groups in total. The zero-order valence-electron chi connectivity index (χ0n) is 33.1. The summed E-state index contributed by atoms with van der Waals surface area (Å²) >= 11 is 0. The van der Waals surface area contributed by atoms with E-state index in [4.69, 9.17) is 4.74 Å². The minimum atomic E-state index is -0.639. The Morgan fingerprint density at radius 2 is 1.59 bits per heavy atom. The van der Waals surface area contributed by atoms with Crippen molar-refractivity contribution in [1.29, 1.82) is 0 Å². The van der Waals surface area contributed by atoms with Crippen LogP contribution in [0.2, 0.25) is 0 Å². The molecule has 2 aliphatic rings. The first kappa shape index (κ1) is 42.2. The highest BCUT2D eigenvalue weighted by molar-refractivity contribution is 5.94. The van der Waals surface area contributed by atoms with Gasteiger partial charge in [-0.1, -0.05) is 70.2 Å². The van der Waals surface area contributed by atoms with E-state index in [1.165, 1.54) is 5.06 Å². The predicted molar refractivity (Wildman–Crippen MR) is 201 cm³/mol. The highest BCUT2D eigenvalue weighted by Gasteiger charge is 2.46. The lowest BCUT2D eigenvalue weighted by atomic mass is 9.78. The van der Waals surface area contributed by atoms with Crippen molar-refractivity contribution in [2.75, 3.05) is 6.54 Å². The monoisotopic (exact) mass is 710 g/mol. The number of ether oxygens (including phenoxy) is 1. The standard InChI is InChI=1S/C41H66N4O6/c1-27(2)22-31(43-38(49)51-39(5,6)7)20-19-30(23-29-16-13-12-14-17-29)37(48)44-21-15-18-34(44)35(46)24-33(28(3)4)36(47)42-32-25-40(8,9)45(50)41(10,11)26-32/h12-14,16-17,19-20,27-28,30-34,50H,15,18,21-26H2,1-11H3,(H,42,47)(H,43,49)/b20-19+/t30-,31-,33+,34-/m0/s1. The lowest BCUT2D eigenvalue weighted by molar-refractivity contribution is -0.246. The van der Waals surface area contributed by atoms with Crippen LogP contribution in [0.15, 0.2) is 42.5 Å². The zero-order valence-corrected chi connectivity index (χ0v) is 33.1. The van der Waals surface area contributed by atoms with Gasteiger partial charge in [0.15, 0.2) is 5.78 Å². The number of ketones is 1. The molecule has 286 valence electrons. The van der Waals surface area contributed by atoms with E-state index in [1.54, 1.807) is 4.90 Å². The van der Waals surface area contributed by atoms with Crippen LogP contribution in [-0.4, -0.2) is 80.2 Å². The van der Waals surface area contributed by atoms with Crippen LogP contribution < -0.4 is 10.6 Å². The fraction of sp³-hybridized carbons (Fsp3) is 0.707. The number of hydroxylamine groups is 2. The normalized spacial score (nSPS) is 21.5. The second-order valence-corrected chi connectivity index (χ2v) is 17.8. The Morgan fingerprint density at radius 1 is 0.980 bits per heavy atom. The number of amides is 3. The summed E-state index contributed by atoms with van der Waals surface area (Å²) in [5.74, 6) is -1.26. The molecule has 0 unspecified atom stereocenters. The number of hydrogen-bond acceptors (Lipinski definition) is 7. The number of nitrogens with one attached hydrogen (secondary N) is 2. The van der Waals surface area contributed by atoms with E-state index in [9.17, 15) is 24.4 Å². The number of alkyl carbamates (subject to hydrolysis) is 1. The third-order valence-corrected chi connectivity index (χ3v) is 10.1. The Labute approximate surface area is 307 Å². The number of benzene rings is 1. The molecule has 2 fully saturated rings. The quantitative estimate of drug-likeness (QED) is 0.176. The molecule has 0 aliphatic carbocycles. The predicted octanol–water partition coefficient (Wildman–Crippen LogP) is 7.09. The van der Waals surface area contributed by atoms with E-state index >= 15 is 0 Å². The van der Waals surface area contributed by atoms with E-state index in [2.05, 4.69) is 24.5 Å². The number of hydrogen-bond donors (Lipinski definition) is 3. The molecule has 0 spiro atoms. The highest BCUT2D eigenvalue weighted by atomic mass is 16.6. The summed E-state index contributed by atoms with van der Waals surface area (Å²) in [5, 5.41) is 18.3. The van der Waals surface area contributed by atoms with Gasteiger partial charge in [-0.2, -0.15) is 5.06 Å². The molecular formula is C41H66N4O6. The Morgan fingerprint density at radius 3 is 2.14 bits per heavy atom. The molecule has 1 aromatic rings. The molecular weight excluding hydrogens is 644 g/mol. The molecule has 0 bridgehead atoms. The molecule has 1 aromatic carbocycles. The number of piperidine rings is 1. The topological polar surface area (TPSA) is 128 Å². The van der Waals surface area contributed by atoms with Crippen molar-refractivity contribution in [1.82, 2.24) is 20.6 Å². The third kappa shape index (κ3) is 12.4. The molecule has 10 heteroatoms. The van der Waals surface area contributed by atoms with Crippen LogP contribution >= 0.6 is 0 Å². The van der Waals surface area contributed by atoms with Crippen molar-refractivity contribution in [2.24, 2.45) is 23.7 Å². The van der Waals surface area contributed by atoms with E-state index < -0.39 is 40.6 Å². The van der Waals surface area contributed by atoms with Crippen LogP contribution in [0.4, 0.5) is 4.79 Å². The van der Waals surface area contributed by atoms with Crippen molar-refractivity contribution in [2.45, 2.75) is 156 Å². The van der Waals surface area contributed by atoms with E-state index in [-0.39, 0.29) is 47.9 Å². The number of likely N-dealkylation sites (tertiary alicyclic amines) is 1. The highest BCUT2D eigenvalue weighted by Crippen LogP contribution is 2.37. The summed E-state index contributed by atoms with van der Waals surface area (Å²) in [5.41, 5.74) is -0.671. The van der Waals surface area contributed by atoms with Gasteiger partial charge in [0.05, 0.1) is 18.0 Å². The van der Waals surface area contributed by atoms with Crippen LogP contribution in [0.25, 0.3) is 0 Å². The van der Waals surface area contributed by atoms with Crippen LogP contribution in [0.3, 0.4) is 0 Å². The first-order chi connectivity index (χ1) is 23.6. The average Bonchev–Trinajstić information content (AvgIpc) is 3.49.